The Hall–Kier alpha value is -1.85. The zero-order valence-electron chi connectivity index (χ0n) is 13.6. The van der Waals surface area contributed by atoms with E-state index in [0.717, 1.165) is 44.8 Å². The average Bonchev–Trinajstić information content (AvgIpc) is 2.86. The van der Waals surface area contributed by atoms with Crippen LogP contribution < -0.4 is 10.5 Å². The first kappa shape index (κ1) is 16.0. The van der Waals surface area contributed by atoms with Gasteiger partial charge in [-0.2, -0.15) is 0 Å². The zero-order valence-corrected chi connectivity index (χ0v) is 15.1. The van der Waals surface area contributed by atoms with Crippen LogP contribution in [0.2, 0.25) is 0 Å². The lowest BCUT2D eigenvalue weighted by Crippen LogP contribution is -2.06. The van der Waals surface area contributed by atoms with Crippen molar-refractivity contribution < 1.29 is 4.74 Å². The van der Waals surface area contributed by atoms with Gasteiger partial charge in [0, 0.05) is 22.7 Å². The van der Waals surface area contributed by atoms with Gasteiger partial charge in [0.15, 0.2) is 0 Å². The maximum absolute atomic E-state index is 5.83. The third-order valence-corrected chi connectivity index (χ3v) is 4.88. The fourth-order valence-electron chi connectivity index (χ4n) is 2.84. The van der Waals surface area contributed by atoms with Gasteiger partial charge < -0.3 is 14.9 Å². The summed E-state index contributed by atoms with van der Waals surface area (Å²) in [6.07, 6.45) is 2.85. The summed E-state index contributed by atoms with van der Waals surface area (Å²) in [6, 6.07) is 8.24. The van der Waals surface area contributed by atoms with Crippen molar-refractivity contribution >= 4 is 21.6 Å². The van der Waals surface area contributed by atoms with Gasteiger partial charge in [-0.1, -0.05) is 0 Å². The summed E-state index contributed by atoms with van der Waals surface area (Å²) in [5.74, 6) is 0.886. The predicted octanol–water partition coefficient (Wildman–Crippen LogP) is 3.89. The summed E-state index contributed by atoms with van der Waals surface area (Å²) in [5, 5.41) is 0. The predicted molar refractivity (Wildman–Crippen MR) is 97.1 cm³/mol. The van der Waals surface area contributed by atoms with E-state index >= 15 is 0 Å². The number of hydrogen-bond acceptors (Lipinski definition) is 3. The highest BCUT2D eigenvalue weighted by molar-refractivity contribution is 9.10. The standard InChI is InChI=1S/C18H20BrN3O/c1-11-9-17-21-18(13-4-5-16(23-3)12(2)8-13)15(6-7-20)22(17)10-14(11)19/h4-5,8-10H,6-7,20H2,1-3H3. The van der Waals surface area contributed by atoms with Crippen molar-refractivity contribution in [3.63, 3.8) is 0 Å². The number of halogens is 1. The van der Waals surface area contributed by atoms with E-state index in [4.69, 9.17) is 15.5 Å². The molecule has 0 aliphatic heterocycles. The summed E-state index contributed by atoms with van der Waals surface area (Å²) < 4.78 is 8.54. The average molecular weight is 374 g/mol. The summed E-state index contributed by atoms with van der Waals surface area (Å²) in [7, 11) is 1.69. The molecule has 0 saturated carbocycles. The van der Waals surface area contributed by atoms with E-state index in [2.05, 4.69) is 51.7 Å². The number of fused-ring (bicyclic) bond motifs is 1. The second kappa shape index (κ2) is 6.34. The van der Waals surface area contributed by atoms with Crippen molar-refractivity contribution in [1.82, 2.24) is 9.38 Å². The molecule has 0 aliphatic carbocycles. The Bertz CT molecular complexity index is 870. The molecular formula is C18H20BrN3O. The van der Waals surface area contributed by atoms with Crippen molar-refractivity contribution in [1.29, 1.82) is 0 Å². The topological polar surface area (TPSA) is 52.5 Å². The number of ether oxygens (including phenoxy) is 1. The molecule has 3 rings (SSSR count). The SMILES string of the molecule is COc1ccc(-c2nc3cc(C)c(Br)cn3c2CCN)cc1C. The number of nitrogens with zero attached hydrogens (tertiary/aromatic N) is 2. The maximum Gasteiger partial charge on any atom is 0.137 e. The molecule has 2 N–H and O–H groups in total. The zero-order chi connectivity index (χ0) is 16.6. The van der Waals surface area contributed by atoms with Gasteiger partial charge in [-0.3, -0.25) is 0 Å². The number of methoxy groups -OCH3 is 1. The molecule has 0 saturated heterocycles. The number of nitrogens with two attached hydrogens (primary N) is 1. The van der Waals surface area contributed by atoms with Crippen LogP contribution in [0.4, 0.5) is 0 Å². The van der Waals surface area contributed by atoms with Crippen LogP contribution in [0.3, 0.4) is 0 Å². The lowest BCUT2D eigenvalue weighted by Gasteiger charge is -2.08. The molecule has 23 heavy (non-hydrogen) atoms. The van der Waals surface area contributed by atoms with Crippen LogP contribution in [-0.2, 0) is 6.42 Å². The van der Waals surface area contributed by atoms with Gasteiger partial charge in [0.25, 0.3) is 0 Å². The highest BCUT2D eigenvalue weighted by Crippen LogP contribution is 2.30. The van der Waals surface area contributed by atoms with Gasteiger partial charge in [0.2, 0.25) is 0 Å². The number of benzene rings is 1. The second-order valence-corrected chi connectivity index (χ2v) is 6.52. The number of hydrogen-bond donors (Lipinski definition) is 1. The van der Waals surface area contributed by atoms with Crippen molar-refractivity contribution in [2.75, 3.05) is 13.7 Å². The molecule has 5 heteroatoms. The minimum atomic E-state index is 0.585. The smallest absolute Gasteiger partial charge is 0.137 e. The maximum atomic E-state index is 5.83. The first-order valence-corrected chi connectivity index (χ1v) is 8.36. The van der Waals surface area contributed by atoms with E-state index < -0.39 is 0 Å². The normalized spacial score (nSPS) is 11.2. The second-order valence-electron chi connectivity index (χ2n) is 5.66. The number of aromatic nitrogens is 2. The highest BCUT2D eigenvalue weighted by atomic mass is 79.9. The van der Waals surface area contributed by atoms with Crippen molar-refractivity contribution in [3.05, 3.63) is 51.8 Å². The van der Waals surface area contributed by atoms with Crippen LogP contribution in [0.5, 0.6) is 5.75 Å². The van der Waals surface area contributed by atoms with E-state index in [-0.39, 0.29) is 0 Å². The summed E-state index contributed by atoms with van der Waals surface area (Å²) >= 11 is 3.60. The van der Waals surface area contributed by atoms with E-state index in [0.29, 0.717) is 6.54 Å². The third kappa shape index (κ3) is 2.86. The molecule has 4 nitrogen and oxygen atoms in total. The number of rotatable bonds is 4. The Labute approximate surface area is 144 Å². The van der Waals surface area contributed by atoms with Crippen LogP contribution >= 0.6 is 15.9 Å². The van der Waals surface area contributed by atoms with Gasteiger partial charge in [-0.05, 0) is 71.7 Å². The molecule has 0 unspecified atom stereocenters. The van der Waals surface area contributed by atoms with E-state index in [1.165, 1.54) is 5.56 Å². The van der Waals surface area contributed by atoms with Gasteiger partial charge in [0.1, 0.15) is 11.4 Å². The Morgan fingerprint density at radius 1 is 1.22 bits per heavy atom. The van der Waals surface area contributed by atoms with Crippen LogP contribution in [0, 0.1) is 13.8 Å². The Balaban J connectivity index is 2.23. The van der Waals surface area contributed by atoms with Crippen molar-refractivity contribution in [3.8, 4) is 17.0 Å². The first-order valence-electron chi connectivity index (χ1n) is 7.57. The Morgan fingerprint density at radius 3 is 2.65 bits per heavy atom. The molecule has 1 aromatic carbocycles. The van der Waals surface area contributed by atoms with Gasteiger partial charge in [-0.15, -0.1) is 0 Å². The van der Waals surface area contributed by atoms with Crippen LogP contribution in [-0.4, -0.2) is 23.0 Å². The lowest BCUT2D eigenvalue weighted by atomic mass is 10.1. The molecule has 0 atom stereocenters. The molecule has 120 valence electrons. The Kier molecular flexibility index (Phi) is 4.41. The first-order chi connectivity index (χ1) is 11.0. The number of aryl methyl sites for hydroxylation is 2. The van der Waals surface area contributed by atoms with Gasteiger partial charge in [-0.25, -0.2) is 4.98 Å². The fourth-order valence-corrected chi connectivity index (χ4v) is 3.16. The van der Waals surface area contributed by atoms with E-state index in [9.17, 15) is 0 Å². The van der Waals surface area contributed by atoms with Crippen LogP contribution in [0.1, 0.15) is 16.8 Å². The van der Waals surface area contributed by atoms with Crippen LogP contribution in [0.15, 0.2) is 34.9 Å². The fraction of sp³-hybridized carbons (Fsp3) is 0.278. The van der Waals surface area contributed by atoms with Gasteiger partial charge in [0.05, 0.1) is 18.5 Å². The largest absolute Gasteiger partial charge is 0.496 e. The molecule has 0 bridgehead atoms. The summed E-state index contributed by atoms with van der Waals surface area (Å²) in [6.45, 7) is 4.70. The number of pyridine rings is 1. The molecule has 2 aromatic heterocycles. The molecule has 3 aromatic rings. The minimum absolute atomic E-state index is 0.585. The van der Waals surface area contributed by atoms with Crippen molar-refractivity contribution in [2.45, 2.75) is 20.3 Å². The molecule has 0 amide bonds. The van der Waals surface area contributed by atoms with E-state index in [1.807, 2.05) is 13.0 Å². The molecule has 0 aliphatic rings. The van der Waals surface area contributed by atoms with Crippen molar-refractivity contribution in [2.24, 2.45) is 5.73 Å². The van der Waals surface area contributed by atoms with Gasteiger partial charge >= 0.3 is 0 Å². The molecule has 0 spiro atoms. The molecule has 2 heterocycles. The molecule has 0 fully saturated rings. The Morgan fingerprint density at radius 2 is 2.00 bits per heavy atom. The lowest BCUT2D eigenvalue weighted by molar-refractivity contribution is 0.412. The van der Waals surface area contributed by atoms with Crippen LogP contribution in [0.25, 0.3) is 16.9 Å². The number of imidazole rings is 1. The van der Waals surface area contributed by atoms with E-state index in [1.54, 1.807) is 7.11 Å². The quantitative estimate of drug-likeness (QED) is 0.754. The summed E-state index contributed by atoms with van der Waals surface area (Å²) in [5.41, 5.74) is 12.2. The summed E-state index contributed by atoms with van der Waals surface area (Å²) in [4.78, 5) is 4.85. The minimum Gasteiger partial charge on any atom is -0.496 e. The highest BCUT2D eigenvalue weighted by Gasteiger charge is 2.15. The molecule has 0 radical (unpaired) electrons. The third-order valence-electron chi connectivity index (χ3n) is 4.05. The molecular weight excluding hydrogens is 354 g/mol. The monoisotopic (exact) mass is 373 g/mol.